The highest BCUT2D eigenvalue weighted by molar-refractivity contribution is 8.00. The second-order valence-corrected chi connectivity index (χ2v) is 6.66. The highest BCUT2D eigenvalue weighted by atomic mass is 32.2. The zero-order valence-electron chi connectivity index (χ0n) is 13.5. The van der Waals surface area contributed by atoms with Gasteiger partial charge in [0.1, 0.15) is 5.03 Å². The van der Waals surface area contributed by atoms with Crippen molar-refractivity contribution in [3.63, 3.8) is 0 Å². The van der Waals surface area contributed by atoms with Gasteiger partial charge >= 0.3 is 6.18 Å². The zero-order chi connectivity index (χ0) is 18.0. The van der Waals surface area contributed by atoms with Crippen LogP contribution >= 0.6 is 11.8 Å². The lowest BCUT2D eigenvalue weighted by Gasteiger charge is -2.18. The molecule has 0 saturated heterocycles. The molecule has 4 nitrogen and oxygen atoms in total. The Morgan fingerprint density at radius 3 is 2.72 bits per heavy atom. The number of carbonyl (C=O) groups excluding carboxylic acids is 1. The van der Waals surface area contributed by atoms with Gasteiger partial charge in [-0.25, -0.2) is 9.97 Å². The zero-order valence-corrected chi connectivity index (χ0v) is 14.3. The van der Waals surface area contributed by atoms with Gasteiger partial charge in [-0.15, -0.1) is 0 Å². The van der Waals surface area contributed by atoms with E-state index >= 15 is 0 Å². The predicted molar refractivity (Wildman–Crippen MR) is 90.0 cm³/mol. The van der Waals surface area contributed by atoms with Gasteiger partial charge in [0.2, 0.25) is 11.7 Å². The van der Waals surface area contributed by atoms with Gasteiger partial charge in [0.05, 0.1) is 11.3 Å². The van der Waals surface area contributed by atoms with Gasteiger partial charge in [0.15, 0.2) is 0 Å². The fourth-order valence-electron chi connectivity index (χ4n) is 2.63. The maximum Gasteiger partial charge on any atom is 0.451 e. The lowest BCUT2D eigenvalue weighted by Crippen LogP contribution is -2.27. The van der Waals surface area contributed by atoms with Gasteiger partial charge in [-0.1, -0.05) is 36.0 Å². The molecule has 25 heavy (non-hydrogen) atoms. The Morgan fingerprint density at radius 2 is 2.04 bits per heavy atom. The van der Waals surface area contributed by atoms with Crippen molar-refractivity contribution in [2.24, 2.45) is 0 Å². The average molecular weight is 367 g/mol. The molecule has 1 aromatic heterocycles. The van der Waals surface area contributed by atoms with E-state index < -0.39 is 12.0 Å². The molecule has 8 heteroatoms. The Morgan fingerprint density at radius 1 is 1.28 bits per heavy atom. The standard InChI is InChI=1S/C17H16F3N3OS/c1-23(11-6-2-3-7-11)14(24)10-25-15-12-8-4-5-9-13(12)21-16(22-15)17(18,19)20/h4-6,8-9H,2-3,7,10H2,1H3. The Hall–Kier alpha value is -2.09. The summed E-state index contributed by atoms with van der Waals surface area (Å²) in [5.41, 5.74) is 1.18. The molecule has 1 aliphatic carbocycles. The molecule has 0 bridgehead atoms. The number of nitrogens with zero attached hydrogens (tertiary/aromatic N) is 3. The number of alkyl halides is 3. The van der Waals surface area contributed by atoms with Crippen molar-refractivity contribution in [2.75, 3.05) is 12.8 Å². The summed E-state index contributed by atoms with van der Waals surface area (Å²) in [4.78, 5) is 21.1. The van der Waals surface area contributed by atoms with Crippen LogP contribution in [0, 0.1) is 0 Å². The highest BCUT2D eigenvalue weighted by Gasteiger charge is 2.35. The van der Waals surface area contributed by atoms with E-state index in [1.165, 1.54) is 6.07 Å². The molecule has 0 N–H and O–H groups in total. The minimum Gasteiger partial charge on any atom is -0.319 e. The molecule has 0 saturated carbocycles. The van der Waals surface area contributed by atoms with E-state index in [1.807, 2.05) is 6.08 Å². The molecular formula is C17H16F3N3OS. The van der Waals surface area contributed by atoms with E-state index in [1.54, 1.807) is 30.1 Å². The Kier molecular flexibility index (Phi) is 4.99. The molecule has 1 aliphatic rings. The number of benzene rings is 1. The second kappa shape index (κ2) is 7.03. The van der Waals surface area contributed by atoms with Crippen molar-refractivity contribution in [1.82, 2.24) is 14.9 Å². The number of fused-ring (bicyclic) bond motifs is 1. The van der Waals surface area contributed by atoms with Crippen molar-refractivity contribution in [3.8, 4) is 0 Å². The summed E-state index contributed by atoms with van der Waals surface area (Å²) in [5, 5.41) is 0.677. The van der Waals surface area contributed by atoms with Crippen LogP contribution in [0.5, 0.6) is 0 Å². The second-order valence-electron chi connectivity index (χ2n) is 5.70. The summed E-state index contributed by atoms with van der Waals surface area (Å²) < 4.78 is 39.0. The number of allylic oxidation sites excluding steroid dienone is 2. The fourth-order valence-corrected chi connectivity index (χ4v) is 3.56. The summed E-state index contributed by atoms with van der Waals surface area (Å²) >= 11 is 1.01. The molecule has 0 radical (unpaired) electrons. The van der Waals surface area contributed by atoms with Gasteiger partial charge < -0.3 is 4.90 Å². The predicted octanol–water partition coefficient (Wildman–Crippen LogP) is 4.27. The minimum atomic E-state index is -4.63. The molecule has 0 spiro atoms. The number of thioether (sulfide) groups is 1. The first-order valence-electron chi connectivity index (χ1n) is 7.78. The largest absolute Gasteiger partial charge is 0.451 e. The van der Waals surface area contributed by atoms with Crippen LogP contribution in [0.1, 0.15) is 25.1 Å². The number of hydrogen-bond acceptors (Lipinski definition) is 4. The first kappa shape index (κ1) is 17.7. The van der Waals surface area contributed by atoms with Crippen LogP contribution in [0.2, 0.25) is 0 Å². The van der Waals surface area contributed by atoms with Gasteiger partial charge in [0, 0.05) is 18.1 Å². The number of rotatable bonds is 4. The van der Waals surface area contributed by atoms with Crippen molar-refractivity contribution >= 4 is 28.6 Å². The van der Waals surface area contributed by atoms with E-state index in [0.29, 0.717) is 5.39 Å². The van der Waals surface area contributed by atoms with Gasteiger partial charge in [-0.05, 0) is 25.3 Å². The van der Waals surface area contributed by atoms with E-state index in [2.05, 4.69) is 9.97 Å². The van der Waals surface area contributed by atoms with E-state index in [-0.39, 0.29) is 22.2 Å². The third kappa shape index (κ3) is 3.95. The molecule has 132 valence electrons. The molecule has 0 aliphatic heterocycles. The molecule has 3 rings (SSSR count). The SMILES string of the molecule is CN(C(=O)CSc1nc(C(F)(F)F)nc2ccccc12)C1=CCCC1. The van der Waals surface area contributed by atoms with Crippen LogP contribution in [0.4, 0.5) is 13.2 Å². The normalized spacial score (nSPS) is 14.6. The average Bonchev–Trinajstić information content (AvgIpc) is 3.12. The lowest BCUT2D eigenvalue weighted by molar-refractivity contribution is -0.145. The van der Waals surface area contributed by atoms with Crippen molar-refractivity contribution in [1.29, 1.82) is 0 Å². The topological polar surface area (TPSA) is 46.1 Å². The summed E-state index contributed by atoms with van der Waals surface area (Å²) in [6, 6.07) is 6.49. The smallest absolute Gasteiger partial charge is 0.319 e. The van der Waals surface area contributed by atoms with Crippen molar-refractivity contribution in [2.45, 2.75) is 30.5 Å². The first-order valence-corrected chi connectivity index (χ1v) is 8.77. The maximum atomic E-state index is 13.0. The van der Waals surface area contributed by atoms with E-state index in [0.717, 1.165) is 36.7 Å². The number of para-hydroxylation sites is 1. The number of amides is 1. The van der Waals surface area contributed by atoms with Crippen molar-refractivity contribution < 1.29 is 18.0 Å². The molecule has 1 amide bonds. The lowest BCUT2D eigenvalue weighted by atomic mass is 10.2. The minimum absolute atomic E-state index is 0.0200. The monoisotopic (exact) mass is 367 g/mol. The molecule has 2 aromatic rings. The van der Waals surface area contributed by atoms with E-state index in [9.17, 15) is 18.0 Å². The summed E-state index contributed by atoms with van der Waals surface area (Å²) in [6.07, 6.45) is 0.206. The molecular weight excluding hydrogens is 351 g/mol. The van der Waals surface area contributed by atoms with Gasteiger partial charge in [0.25, 0.3) is 0 Å². The van der Waals surface area contributed by atoms with Crippen LogP contribution in [0.15, 0.2) is 41.1 Å². The van der Waals surface area contributed by atoms with Crippen LogP contribution in [-0.2, 0) is 11.0 Å². The maximum absolute atomic E-state index is 13.0. The molecule has 0 atom stereocenters. The molecule has 1 aromatic carbocycles. The Balaban J connectivity index is 1.84. The quantitative estimate of drug-likeness (QED) is 0.598. The molecule has 0 unspecified atom stereocenters. The van der Waals surface area contributed by atoms with Crippen LogP contribution in [0.25, 0.3) is 10.9 Å². The Labute approximate surface area is 147 Å². The third-order valence-electron chi connectivity index (χ3n) is 3.98. The fraction of sp³-hybridized carbons (Fsp3) is 0.353. The number of halogens is 3. The first-order chi connectivity index (χ1) is 11.9. The highest BCUT2D eigenvalue weighted by Crippen LogP contribution is 2.32. The number of carbonyl (C=O) groups is 1. The Bertz CT molecular complexity index is 835. The third-order valence-corrected chi connectivity index (χ3v) is 4.95. The van der Waals surface area contributed by atoms with E-state index in [4.69, 9.17) is 0 Å². The van der Waals surface area contributed by atoms with Crippen LogP contribution < -0.4 is 0 Å². The summed E-state index contributed by atoms with van der Waals surface area (Å²) in [6.45, 7) is 0. The van der Waals surface area contributed by atoms with Gasteiger partial charge in [-0.3, -0.25) is 4.79 Å². The number of hydrogen-bond donors (Lipinski definition) is 0. The molecule has 1 heterocycles. The van der Waals surface area contributed by atoms with Gasteiger partial charge in [-0.2, -0.15) is 13.2 Å². The van der Waals surface area contributed by atoms with Crippen LogP contribution in [-0.4, -0.2) is 33.6 Å². The summed E-state index contributed by atoms with van der Waals surface area (Å²) in [5.74, 6) is -1.33. The number of aromatic nitrogens is 2. The van der Waals surface area contributed by atoms with Crippen LogP contribution in [0.3, 0.4) is 0 Å². The molecule has 0 fully saturated rings. The summed E-state index contributed by atoms with van der Waals surface area (Å²) in [7, 11) is 1.69. The van der Waals surface area contributed by atoms with Crippen molar-refractivity contribution in [3.05, 3.63) is 41.9 Å².